The molecule has 0 radical (unpaired) electrons. The molecule has 3 heterocycles. The average Bonchev–Trinajstić information content (AvgIpc) is 3.69. The molecule has 43 heavy (non-hydrogen) atoms. The van der Waals surface area contributed by atoms with E-state index in [-0.39, 0.29) is 27.9 Å². The Morgan fingerprint density at radius 1 is 1.19 bits per heavy atom. The minimum Gasteiger partial charge on any atom is -0.503 e. The summed E-state index contributed by atoms with van der Waals surface area (Å²) in [5.41, 5.74) is 1.06. The van der Waals surface area contributed by atoms with Gasteiger partial charge in [0.1, 0.15) is 17.1 Å². The molecule has 0 bridgehead atoms. The van der Waals surface area contributed by atoms with Crippen LogP contribution >= 0.6 is 11.3 Å². The highest BCUT2D eigenvalue weighted by Crippen LogP contribution is 2.45. The SMILES string of the molecule is C=CCOC(=O)c1sc(N2C(=O)C(O)=C(C(=O)c3cc4ccccc4o3)C2c2ccc(OCCCC)c(OC)c2)nc1C. The predicted molar refractivity (Wildman–Crippen MR) is 161 cm³/mol. The molecular formula is C32H30N2O8S. The van der Waals surface area contributed by atoms with Crippen molar-refractivity contribution in [3.05, 3.63) is 94.4 Å². The number of aliphatic hydroxyl groups excluding tert-OH is 1. The zero-order valence-corrected chi connectivity index (χ0v) is 24.7. The number of ether oxygens (including phenoxy) is 3. The summed E-state index contributed by atoms with van der Waals surface area (Å²) >= 11 is 0.916. The lowest BCUT2D eigenvalue weighted by molar-refractivity contribution is -0.117. The number of hydrogen-bond acceptors (Lipinski definition) is 10. The second kappa shape index (κ2) is 12.5. The van der Waals surface area contributed by atoms with E-state index < -0.39 is 29.5 Å². The van der Waals surface area contributed by atoms with Gasteiger partial charge in [0, 0.05) is 5.39 Å². The summed E-state index contributed by atoms with van der Waals surface area (Å²) in [4.78, 5) is 46.2. The minimum absolute atomic E-state index is 0.00173. The van der Waals surface area contributed by atoms with Crippen LogP contribution in [0, 0.1) is 6.92 Å². The molecule has 222 valence electrons. The fourth-order valence-corrected chi connectivity index (χ4v) is 5.74. The van der Waals surface area contributed by atoms with Gasteiger partial charge in [0.25, 0.3) is 5.91 Å². The van der Waals surface area contributed by atoms with Gasteiger partial charge in [0.15, 0.2) is 28.1 Å². The summed E-state index contributed by atoms with van der Waals surface area (Å²) < 4.78 is 22.5. The molecule has 0 aliphatic carbocycles. The van der Waals surface area contributed by atoms with Crippen LogP contribution in [0.25, 0.3) is 11.0 Å². The van der Waals surface area contributed by atoms with Gasteiger partial charge in [-0.2, -0.15) is 0 Å². The number of benzene rings is 2. The van der Waals surface area contributed by atoms with Crippen molar-refractivity contribution >= 4 is 45.1 Å². The molecule has 0 fully saturated rings. The molecule has 11 heteroatoms. The van der Waals surface area contributed by atoms with Crippen LogP contribution < -0.4 is 14.4 Å². The number of rotatable bonds is 12. The molecule has 1 unspecified atom stereocenters. The van der Waals surface area contributed by atoms with Crippen molar-refractivity contribution in [3.63, 3.8) is 0 Å². The summed E-state index contributed by atoms with van der Waals surface area (Å²) in [6.07, 6.45) is 3.24. The van der Waals surface area contributed by atoms with Gasteiger partial charge in [0.2, 0.25) is 5.78 Å². The van der Waals surface area contributed by atoms with Gasteiger partial charge < -0.3 is 23.7 Å². The summed E-state index contributed by atoms with van der Waals surface area (Å²) in [7, 11) is 1.49. The van der Waals surface area contributed by atoms with Crippen molar-refractivity contribution in [1.82, 2.24) is 4.98 Å². The van der Waals surface area contributed by atoms with E-state index in [0.29, 0.717) is 40.3 Å². The lowest BCUT2D eigenvalue weighted by Gasteiger charge is -2.25. The first-order valence-electron chi connectivity index (χ1n) is 13.6. The Balaban J connectivity index is 1.62. The first kappa shape index (κ1) is 29.6. The van der Waals surface area contributed by atoms with Gasteiger partial charge in [0.05, 0.1) is 31.0 Å². The highest BCUT2D eigenvalue weighted by atomic mass is 32.1. The van der Waals surface area contributed by atoms with E-state index in [4.69, 9.17) is 18.6 Å². The number of fused-ring (bicyclic) bond motifs is 1. The molecule has 1 aliphatic rings. The molecule has 0 saturated heterocycles. The van der Waals surface area contributed by atoms with Crippen LogP contribution in [0.4, 0.5) is 5.13 Å². The number of thiazole rings is 1. The highest BCUT2D eigenvalue weighted by Gasteiger charge is 2.47. The van der Waals surface area contributed by atoms with E-state index in [0.717, 1.165) is 24.2 Å². The standard InChI is InChI=1S/C32H30N2O8S/c1-5-7-15-40-22-13-12-20(17-23(22)39-4)26-25(27(35)24-16-19-10-8-9-11-21(19)42-24)28(36)30(37)34(26)32-33-18(3)29(43-32)31(38)41-14-6-2/h6,8-13,16-17,26,36H,2,5,7,14-15H2,1,3-4H3. The number of furan rings is 1. The molecule has 2 aromatic heterocycles. The van der Waals surface area contributed by atoms with Crippen LogP contribution in [0.1, 0.15) is 57.3 Å². The van der Waals surface area contributed by atoms with Gasteiger partial charge in [-0.25, -0.2) is 9.78 Å². The van der Waals surface area contributed by atoms with E-state index in [9.17, 15) is 19.5 Å². The summed E-state index contributed by atoms with van der Waals surface area (Å²) in [6.45, 7) is 7.70. The largest absolute Gasteiger partial charge is 0.503 e. The third kappa shape index (κ3) is 5.63. The topological polar surface area (TPSA) is 128 Å². The Hall–Kier alpha value is -4.90. The maximum absolute atomic E-state index is 14.0. The minimum atomic E-state index is -1.13. The van der Waals surface area contributed by atoms with Gasteiger partial charge >= 0.3 is 5.97 Å². The second-order valence-electron chi connectivity index (χ2n) is 9.73. The molecular weight excluding hydrogens is 572 g/mol. The van der Waals surface area contributed by atoms with Gasteiger partial charge in [-0.1, -0.05) is 61.6 Å². The molecule has 1 N–H and O–H groups in total. The van der Waals surface area contributed by atoms with Gasteiger partial charge in [-0.3, -0.25) is 14.5 Å². The average molecular weight is 603 g/mol. The number of Topliss-reactive ketones (excluding diaryl/α,β-unsaturated/α-hetero) is 1. The molecule has 1 atom stereocenters. The summed E-state index contributed by atoms with van der Waals surface area (Å²) in [5, 5.41) is 12.0. The number of carbonyl (C=O) groups excluding carboxylic acids is 3. The summed E-state index contributed by atoms with van der Waals surface area (Å²) in [6, 6.07) is 12.6. The van der Waals surface area contributed by atoms with E-state index in [1.807, 2.05) is 6.07 Å². The molecule has 2 aromatic carbocycles. The Morgan fingerprint density at radius 2 is 1.98 bits per heavy atom. The number of methoxy groups -OCH3 is 1. The quantitative estimate of drug-likeness (QED) is 0.0835. The van der Waals surface area contributed by atoms with Crippen LogP contribution in [0.3, 0.4) is 0 Å². The highest BCUT2D eigenvalue weighted by molar-refractivity contribution is 7.17. The van der Waals surface area contributed by atoms with E-state index in [1.54, 1.807) is 49.4 Å². The lowest BCUT2D eigenvalue weighted by atomic mass is 9.95. The molecule has 0 spiro atoms. The van der Waals surface area contributed by atoms with Crippen molar-refractivity contribution in [2.75, 3.05) is 25.2 Å². The summed E-state index contributed by atoms with van der Waals surface area (Å²) in [5.74, 6) is -2.07. The number of aromatic nitrogens is 1. The number of esters is 1. The van der Waals surface area contributed by atoms with E-state index in [2.05, 4.69) is 18.5 Å². The fraction of sp³-hybridized carbons (Fsp3) is 0.250. The van der Waals surface area contributed by atoms with Gasteiger partial charge in [-0.15, -0.1) is 0 Å². The molecule has 4 aromatic rings. The number of carbonyl (C=O) groups is 3. The number of unbranched alkanes of at least 4 members (excludes halogenated alkanes) is 1. The monoisotopic (exact) mass is 602 g/mol. The van der Waals surface area contributed by atoms with E-state index >= 15 is 0 Å². The fourth-order valence-electron chi connectivity index (χ4n) is 4.75. The van der Waals surface area contributed by atoms with Crippen LogP contribution in [-0.2, 0) is 9.53 Å². The van der Waals surface area contributed by atoms with Crippen molar-refractivity contribution in [2.24, 2.45) is 0 Å². The third-order valence-electron chi connectivity index (χ3n) is 6.87. The van der Waals surface area contributed by atoms with Crippen LogP contribution in [0.2, 0.25) is 0 Å². The number of hydrogen-bond donors (Lipinski definition) is 1. The number of ketones is 1. The number of nitrogens with zero attached hydrogens (tertiary/aromatic N) is 2. The number of aliphatic hydroxyl groups is 1. The first-order chi connectivity index (χ1) is 20.8. The van der Waals surface area contributed by atoms with Crippen LogP contribution in [-0.4, -0.2) is 48.1 Å². The Kier molecular flexibility index (Phi) is 8.63. The van der Waals surface area contributed by atoms with Crippen molar-refractivity contribution in [2.45, 2.75) is 32.7 Å². The zero-order valence-electron chi connectivity index (χ0n) is 23.9. The number of amides is 1. The zero-order chi connectivity index (χ0) is 30.7. The number of anilines is 1. The second-order valence-corrected chi connectivity index (χ2v) is 10.7. The Labute approximate surface area is 251 Å². The predicted octanol–water partition coefficient (Wildman–Crippen LogP) is 6.51. The molecule has 0 saturated carbocycles. The van der Waals surface area contributed by atoms with Crippen molar-refractivity contribution < 1.29 is 38.1 Å². The Morgan fingerprint density at radius 3 is 2.70 bits per heavy atom. The number of para-hydroxylation sites is 1. The van der Waals surface area contributed by atoms with Crippen LogP contribution in [0.15, 0.2) is 76.9 Å². The molecule has 1 aliphatic heterocycles. The van der Waals surface area contributed by atoms with Crippen molar-refractivity contribution in [3.8, 4) is 11.5 Å². The maximum Gasteiger partial charge on any atom is 0.350 e. The maximum atomic E-state index is 14.0. The molecule has 5 rings (SSSR count). The molecule has 10 nitrogen and oxygen atoms in total. The van der Waals surface area contributed by atoms with E-state index in [1.165, 1.54) is 18.1 Å². The third-order valence-corrected chi connectivity index (χ3v) is 8.01. The normalized spacial score (nSPS) is 14.8. The van der Waals surface area contributed by atoms with Gasteiger partial charge in [-0.05, 0) is 43.2 Å². The molecule has 1 amide bonds. The lowest BCUT2D eigenvalue weighted by Crippen LogP contribution is -2.31. The van der Waals surface area contributed by atoms with Crippen molar-refractivity contribution in [1.29, 1.82) is 0 Å². The smallest absolute Gasteiger partial charge is 0.350 e. The van der Waals surface area contributed by atoms with Crippen LogP contribution in [0.5, 0.6) is 11.5 Å². The first-order valence-corrected chi connectivity index (χ1v) is 14.5. The number of aryl methyl sites for hydroxylation is 1. The Bertz CT molecular complexity index is 1720.